The Morgan fingerprint density at radius 1 is 1.38 bits per heavy atom. The fourth-order valence-corrected chi connectivity index (χ4v) is 2.92. The molecule has 0 saturated carbocycles. The van der Waals surface area contributed by atoms with Crippen molar-refractivity contribution in [2.75, 3.05) is 7.11 Å². The average Bonchev–Trinajstić information content (AvgIpc) is 3.02. The number of nitrogens with zero attached hydrogens (tertiary/aromatic N) is 3. The van der Waals surface area contributed by atoms with Crippen molar-refractivity contribution in [2.24, 2.45) is 7.05 Å². The minimum atomic E-state index is -0.348. The molecule has 2 aromatic heterocycles. The maximum Gasteiger partial charge on any atom is 0.337 e. The van der Waals surface area contributed by atoms with Gasteiger partial charge in [-0.05, 0) is 25.1 Å². The van der Waals surface area contributed by atoms with Gasteiger partial charge in [0.15, 0.2) is 0 Å². The topological polar surface area (TPSA) is 57.0 Å². The predicted molar refractivity (Wildman–Crippen MR) is 81.7 cm³/mol. The molecular formula is C15H15N3O2S. The van der Waals surface area contributed by atoms with Gasteiger partial charge in [0.2, 0.25) is 0 Å². The van der Waals surface area contributed by atoms with Crippen molar-refractivity contribution in [1.29, 1.82) is 0 Å². The molecule has 108 valence electrons. The number of ether oxygens (including phenoxy) is 1. The summed E-state index contributed by atoms with van der Waals surface area (Å²) >= 11 is 1.64. The summed E-state index contributed by atoms with van der Waals surface area (Å²) in [5, 5.41) is 3.10. The first-order chi connectivity index (χ1) is 10.1. The molecule has 3 rings (SSSR count). The first-order valence-corrected chi connectivity index (χ1v) is 7.41. The number of esters is 1. The number of imidazole rings is 1. The van der Waals surface area contributed by atoms with E-state index in [4.69, 9.17) is 4.74 Å². The summed E-state index contributed by atoms with van der Waals surface area (Å²) in [6.45, 7) is 1.99. The Morgan fingerprint density at radius 2 is 2.19 bits per heavy atom. The second-order valence-electron chi connectivity index (χ2n) is 4.82. The summed E-state index contributed by atoms with van der Waals surface area (Å²) in [5.74, 6) is 0.580. The molecule has 6 heteroatoms. The van der Waals surface area contributed by atoms with Gasteiger partial charge in [0.1, 0.15) is 5.82 Å². The number of fused-ring (bicyclic) bond motifs is 1. The normalized spacial score (nSPS) is 11.0. The van der Waals surface area contributed by atoms with Crippen LogP contribution in [0.5, 0.6) is 0 Å². The zero-order valence-corrected chi connectivity index (χ0v) is 12.9. The van der Waals surface area contributed by atoms with Gasteiger partial charge in [-0.15, -0.1) is 11.3 Å². The Bertz CT molecular complexity index is 820. The highest BCUT2D eigenvalue weighted by atomic mass is 32.1. The third-order valence-electron chi connectivity index (χ3n) is 3.40. The second-order valence-corrected chi connectivity index (χ2v) is 5.88. The quantitative estimate of drug-likeness (QED) is 0.698. The number of hydrogen-bond acceptors (Lipinski definition) is 5. The third-order valence-corrected chi connectivity index (χ3v) is 4.22. The molecule has 0 bridgehead atoms. The molecule has 0 N–H and O–H groups in total. The summed E-state index contributed by atoms with van der Waals surface area (Å²) in [7, 11) is 3.35. The summed E-state index contributed by atoms with van der Waals surface area (Å²) in [6.07, 6.45) is 0.684. The maximum atomic E-state index is 11.6. The fourth-order valence-electron chi connectivity index (χ4n) is 2.30. The Hall–Kier alpha value is -2.21. The molecule has 21 heavy (non-hydrogen) atoms. The molecule has 0 fully saturated rings. The van der Waals surface area contributed by atoms with Crippen LogP contribution in [0.3, 0.4) is 0 Å². The van der Waals surface area contributed by atoms with Gasteiger partial charge < -0.3 is 9.30 Å². The lowest BCUT2D eigenvalue weighted by Crippen LogP contribution is -2.00. The number of hydrogen-bond donors (Lipinski definition) is 0. The zero-order chi connectivity index (χ0) is 15.0. The molecule has 0 aliphatic rings. The highest BCUT2D eigenvalue weighted by Crippen LogP contribution is 2.20. The molecule has 0 unspecified atom stereocenters. The van der Waals surface area contributed by atoms with E-state index in [-0.39, 0.29) is 5.97 Å². The standard InChI is InChI=1S/C15H15N3O2S/c1-9-16-11(8-21-9)7-14-17-12-6-10(15(19)20-3)4-5-13(12)18(14)2/h4-6,8H,7H2,1-3H3. The van der Waals surface area contributed by atoms with E-state index >= 15 is 0 Å². The Kier molecular flexibility index (Phi) is 3.47. The van der Waals surface area contributed by atoms with Crippen LogP contribution in [0.4, 0.5) is 0 Å². The number of methoxy groups -OCH3 is 1. The number of thiazole rings is 1. The molecule has 0 aliphatic heterocycles. The first kappa shape index (κ1) is 13.8. The van der Waals surface area contributed by atoms with Crippen molar-refractivity contribution in [3.05, 3.63) is 45.7 Å². The molecular weight excluding hydrogens is 286 g/mol. The average molecular weight is 301 g/mol. The molecule has 0 amide bonds. The van der Waals surface area contributed by atoms with Crippen molar-refractivity contribution in [3.8, 4) is 0 Å². The van der Waals surface area contributed by atoms with Gasteiger partial charge in [-0.2, -0.15) is 0 Å². The lowest BCUT2D eigenvalue weighted by atomic mass is 10.2. The highest BCUT2D eigenvalue weighted by molar-refractivity contribution is 7.09. The minimum Gasteiger partial charge on any atom is -0.465 e. The third kappa shape index (κ3) is 2.54. The van der Waals surface area contributed by atoms with Gasteiger partial charge in [-0.25, -0.2) is 14.8 Å². The first-order valence-electron chi connectivity index (χ1n) is 6.53. The Labute approximate surface area is 126 Å². The van der Waals surface area contributed by atoms with Crippen LogP contribution in [-0.2, 0) is 18.2 Å². The van der Waals surface area contributed by atoms with Crippen LogP contribution in [0.1, 0.15) is 26.9 Å². The largest absolute Gasteiger partial charge is 0.465 e. The van der Waals surface area contributed by atoms with Crippen LogP contribution in [-0.4, -0.2) is 27.6 Å². The van der Waals surface area contributed by atoms with Gasteiger partial charge >= 0.3 is 5.97 Å². The second kappa shape index (κ2) is 5.29. The van der Waals surface area contributed by atoms with Crippen LogP contribution in [0.25, 0.3) is 11.0 Å². The molecule has 0 saturated heterocycles. The SMILES string of the molecule is COC(=O)c1ccc2c(c1)nc(Cc1csc(C)n1)n2C. The van der Waals surface area contributed by atoms with Crippen molar-refractivity contribution < 1.29 is 9.53 Å². The Morgan fingerprint density at radius 3 is 2.86 bits per heavy atom. The monoisotopic (exact) mass is 301 g/mol. The molecule has 3 aromatic rings. The Balaban J connectivity index is 2.00. The van der Waals surface area contributed by atoms with Crippen molar-refractivity contribution in [2.45, 2.75) is 13.3 Å². The fraction of sp³-hybridized carbons (Fsp3) is 0.267. The van der Waals surface area contributed by atoms with Gasteiger partial charge in [0.25, 0.3) is 0 Å². The van der Waals surface area contributed by atoms with Crippen LogP contribution in [0, 0.1) is 6.92 Å². The van der Waals surface area contributed by atoms with E-state index in [1.165, 1.54) is 7.11 Å². The molecule has 0 spiro atoms. The summed E-state index contributed by atoms with van der Waals surface area (Å²) in [4.78, 5) is 20.7. The number of aryl methyl sites for hydroxylation is 2. The van der Waals surface area contributed by atoms with Gasteiger partial charge in [0, 0.05) is 18.8 Å². The summed E-state index contributed by atoms with van der Waals surface area (Å²) in [5.41, 5.74) is 3.32. The molecule has 0 aliphatic carbocycles. The summed E-state index contributed by atoms with van der Waals surface area (Å²) in [6, 6.07) is 5.41. The van der Waals surface area contributed by atoms with Crippen molar-refractivity contribution >= 4 is 28.3 Å². The number of aromatic nitrogens is 3. The van der Waals surface area contributed by atoms with E-state index in [9.17, 15) is 4.79 Å². The van der Waals surface area contributed by atoms with Crippen LogP contribution < -0.4 is 0 Å². The van der Waals surface area contributed by atoms with Crippen LogP contribution in [0.2, 0.25) is 0 Å². The van der Waals surface area contributed by atoms with E-state index in [1.54, 1.807) is 23.5 Å². The van der Waals surface area contributed by atoms with Crippen molar-refractivity contribution in [1.82, 2.24) is 14.5 Å². The van der Waals surface area contributed by atoms with E-state index in [2.05, 4.69) is 15.3 Å². The van der Waals surface area contributed by atoms with Crippen LogP contribution >= 0.6 is 11.3 Å². The van der Waals surface area contributed by atoms with Gasteiger partial charge in [0.05, 0.1) is 34.4 Å². The zero-order valence-electron chi connectivity index (χ0n) is 12.1. The molecule has 0 atom stereocenters. The number of carbonyl (C=O) groups is 1. The summed E-state index contributed by atoms with van der Waals surface area (Å²) < 4.78 is 6.77. The van der Waals surface area contributed by atoms with Crippen LogP contribution in [0.15, 0.2) is 23.6 Å². The maximum absolute atomic E-state index is 11.6. The number of carbonyl (C=O) groups excluding carboxylic acids is 1. The lowest BCUT2D eigenvalue weighted by Gasteiger charge is -2.01. The minimum absolute atomic E-state index is 0.348. The van der Waals surface area contributed by atoms with Gasteiger partial charge in [-0.3, -0.25) is 0 Å². The molecule has 0 radical (unpaired) electrons. The molecule has 1 aromatic carbocycles. The smallest absolute Gasteiger partial charge is 0.337 e. The highest BCUT2D eigenvalue weighted by Gasteiger charge is 2.13. The molecule has 2 heterocycles. The number of benzene rings is 1. The number of rotatable bonds is 3. The van der Waals surface area contributed by atoms with E-state index in [1.807, 2.05) is 24.6 Å². The van der Waals surface area contributed by atoms with Gasteiger partial charge in [-0.1, -0.05) is 0 Å². The molecule has 5 nitrogen and oxygen atoms in total. The lowest BCUT2D eigenvalue weighted by molar-refractivity contribution is 0.0601. The van der Waals surface area contributed by atoms with E-state index in [0.717, 1.165) is 27.6 Å². The van der Waals surface area contributed by atoms with E-state index in [0.29, 0.717) is 12.0 Å². The predicted octanol–water partition coefficient (Wildman–Crippen LogP) is 2.72. The van der Waals surface area contributed by atoms with E-state index < -0.39 is 0 Å². The van der Waals surface area contributed by atoms with Crippen molar-refractivity contribution in [3.63, 3.8) is 0 Å².